The average molecular weight is 368 g/mol. The third-order valence-corrected chi connectivity index (χ3v) is 5.54. The maximum absolute atomic E-state index is 6.21. The predicted octanol–water partition coefficient (Wildman–Crippen LogP) is 6.73. The van der Waals surface area contributed by atoms with E-state index in [1.807, 2.05) is 0 Å². The normalized spacial score (nSPS) is 13.8. The second-order valence-corrected chi connectivity index (χ2v) is 8.46. The van der Waals surface area contributed by atoms with Crippen LogP contribution in [0.3, 0.4) is 0 Å². The number of benzene rings is 4. The van der Waals surface area contributed by atoms with E-state index in [9.17, 15) is 0 Å². The van der Waals surface area contributed by atoms with Gasteiger partial charge in [-0.1, -0.05) is 81.4 Å². The Bertz CT molecular complexity index is 1200. The molecular weight excluding hydrogens is 344 g/mol. The molecule has 0 amide bonds. The van der Waals surface area contributed by atoms with E-state index in [1.165, 1.54) is 32.7 Å². The molecule has 4 aromatic carbocycles. The van der Waals surface area contributed by atoms with Crippen molar-refractivity contribution < 1.29 is 9.47 Å². The van der Waals surface area contributed by atoms with Gasteiger partial charge in [-0.05, 0) is 44.2 Å². The third kappa shape index (κ3) is 2.63. The van der Waals surface area contributed by atoms with Gasteiger partial charge in [-0.15, -0.1) is 0 Å². The molecule has 5 rings (SSSR count). The Balaban J connectivity index is 2.00. The van der Waals surface area contributed by atoms with E-state index < -0.39 is 0 Å². The van der Waals surface area contributed by atoms with Gasteiger partial charge in [0.15, 0.2) is 11.5 Å². The van der Waals surface area contributed by atoms with Gasteiger partial charge in [-0.2, -0.15) is 0 Å². The first kappa shape index (κ1) is 17.1. The van der Waals surface area contributed by atoms with Crippen molar-refractivity contribution >= 4 is 21.5 Å². The molecule has 0 bridgehead atoms. The van der Waals surface area contributed by atoms with Gasteiger partial charge in [-0.25, -0.2) is 0 Å². The average Bonchev–Trinajstić information content (AvgIpc) is 2.70. The highest BCUT2D eigenvalue weighted by Crippen LogP contribution is 2.50. The molecule has 0 unspecified atom stereocenters. The van der Waals surface area contributed by atoms with E-state index in [2.05, 4.69) is 87.5 Å². The van der Waals surface area contributed by atoms with E-state index in [1.54, 1.807) is 0 Å². The molecule has 0 N–H and O–H groups in total. The molecule has 0 aliphatic carbocycles. The maximum atomic E-state index is 6.21. The lowest BCUT2D eigenvalue weighted by Gasteiger charge is -2.28. The molecule has 0 spiro atoms. The summed E-state index contributed by atoms with van der Waals surface area (Å²) in [6.07, 6.45) is 0. The molecule has 0 aromatic heterocycles. The van der Waals surface area contributed by atoms with Crippen LogP contribution >= 0.6 is 0 Å². The molecule has 0 atom stereocenters. The Kier molecular flexibility index (Phi) is 3.83. The summed E-state index contributed by atoms with van der Waals surface area (Å²) in [4.78, 5) is 0. The number of hydrogen-bond donors (Lipinski definition) is 0. The standard InChI is InChI=1S/C26H24O2/c1-26(2,3)21-13-12-17-8-4-6-10-19(17)23(21)24-20-11-7-5-9-18(20)16-22-25(24)28-15-14-27-22/h4-13,16H,14-15H2,1-3H3. The van der Waals surface area contributed by atoms with Crippen LogP contribution in [0.1, 0.15) is 26.3 Å². The molecule has 1 heterocycles. The summed E-state index contributed by atoms with van der Waals surface area (Å²) in [6, 6.07) is 23.8. The van der Waals surface area contributed by atoms with E-state index in [-0.39, 0.29) is 5.41 Å². The largest absolute Gasteiger partial charge is 0.486 e. The van der Waals surface area contributed by atoms with Crippen LogP contribution in [0.4, 0.5) is 0 Å². The predicted molar refractivity (Wildman–Crippen MR) is 117 cm³/mol. The van der Waals surface area contributed by atoms with Crippen molar-refractivity contribution in [3.8, 4) is 22.6 Å². The summed E-state index contributed by atoms with van der Waals surface area (Å²) >= 11 is 0. The minimum absolute atomic E-state index is 0.00127. The number of hydrogen-bond acceptors (Lipinski definition) is 2. The van der Waals surface area contributed by atoms with Gasteiger partial charge in [0, 0.05) is 5.56 Å². The van der Waals surface area contributed by atoms with Crippen molar-refractivity contribution in [3.63, 3.8) is 0 Å². The third-order valence-electron chi connectivity index (χ3n) is 5.54. The Hall–Kier alpha value is -3.00. The van der Waals surface area contributed by atoms with E-state index in [0.717, 1.165) is 17.1 Å². The van der Waals surface area contributed by atoms with Crippen LogP contribution in [-0.2, 0) is 5.41 Å². The van der Waals surface area contributed by atoms with E-state index in [0.29, 0.717) is 13.2 Å². The topological polar surface area (TPSA) is 18.5 Å². The zero-order valence-electron chi connectivity index (χ0n) is 16.6. The van der Waals surface area contributed by atoms with E-state index in [4.69, 9.17) is 9.47 Å². The summed E-state index contributed by atoms with van der Waals surface area (Å²) in [5.74, 6) is 1.71. The van der Waals surface area contributed by atoms with Gasteiger partial charge in [-0.3, -0.25) is 0 Å². The molecule has 0 saturated carbocycles. The Labute approximate surface area is 165 Å². The van der Waals surface area contributed by atoms with Crippen LogP contribution < -0.4 is 9.47 Å². The first-order valence-electron chi connectivity index (χ1n) is 9.88. The highest BCUT2D eigenvalue weighted by Gasteiger charge is 2.27. The molecule has 140 valence electrons. The summed E-state index contributed by atoms with van der Waals surface area (Å²) < 4.78 is 12.2. The van der Waals surface area contributed by atoms with Crippen LogP contribution in [0.15, 0.2) is 66.7 Å². The monoisotopic (exact) mass is 368 g/mol. The quantitative estimate of drug-likeness (QED) is 0.371. The SMILES string of the molecule is CC(C)(C)c1ccc2ccccc2c1-c1c2c(cc3ccccc13)OCCO2. The van der Waals surface area contributed by atoms with Crippen LogP contribution in [0.25, 0.3) is 32.7 Å². The fraction of sp³-hybridized carbons (Fsp3) is 0.231. The summed E-state index contributed by atoms with van der Waals surface area (Å²) in [5.41, 5.74) is 3.72. The van der Waals surface area contributed by atoms with Crippen molar-refractivity contribution in [2.45, 2.75) is 26.2 Å². The van der Waals surface area contributed by atoms with Gasteiger partial charge >= 0.3 is 0 Å². The molecule has 1 aliphatic rings. The van der Waals surface area contributed by atoms with Gasteiger partial charge < -0.3 is 9.47 Å². The smallest absolute Gasteiger partial charge is 0.169 e. The van der Waals surface area contributed by atoms with Crippen molar-refractivity contribution in [3.05, 3.63) is 72.3 Å². The first-order chi connectivity index (χ1) is 13.5. The maximum Gasteiger partial charge on any atom is 0.169 e. The summed E-state index contributed by atoms with van der Waals surface area (Å²) in [6.45, 7) is 7.99. The molecule has 2 heteroatoms. The zero-order chi connectivity index (χ0) is 19.3. The lowest BCUT2D eigenvalue weighted by Crippen LogP contribution is -2.17. The fourth-order valence-electron chi connectivity index (χ4n) is 4.26. The van der Waals surface area contributed by atoms with Crippen LogP contribution in [-0.4, -0.2) is 13.2 Å². The van der Waals surface area contributed by atoms with Crippen LogP contribution in [0, 0.1) is 0 Å². The van der Waals surface area contributed by atoms with Crippen molar-refractivity contribution in [2.75, 3.05) is 13.2 Å². The van der Waals surface area contributed by atoms with Gasteiger partial charge in [0.1, 0.15) is 13.2 Å². The second-order valence-electron chi connectivity index (χ2n) is 8.46. The molecule has 0 radical (unpaired) electrons. The van der Waals surface area contributed by atoms with Crippen molar-refractivity contribution in [1.29, 1.82) is 0 Å². The van der Waals surface area contributed by atoms with Crippen molar-refractivity contribution in [2.24, 2.45) is 0 Å². The van der Waals surface area contributed by atoms with Gasteiger partial charge in [0.05, 0.1) is 0 Å². The van der Waals surface area contributed by atoms with Gasteiger partial charge in [0.2, 0.25) is 0 Å². The molecule has 0 saturated heterocycles. The van der Waals surface area contributed by atoms with Crippen LogP contribution in [0.2, 0.25) is 0 Å². The summed E-state index contributed by atoms with van der Waals surface area (Å²) in [7, 11) is 0. The Morgan fingerprint density at radius 3 is 2.07 bits per heavy atom. The molecule has 1 aliphatic heterocycles. The number of fused-ring (bicyclic) bond motifs is 3. The fourth-order valence-corrected chi connectivity index (χ4v) is 4.26. The molecule has 4 aromatic rings. The lowest BCUT2D eigenvalue weighted by atomic mass is 9.78. The first-order valence-corrected chi connectivity index (χ1v) is 9.88. The molecule has 0 fully saturated rings. The Morgan fingerprint density at radius 2 is 1.32 bits per heavy atom. The Morgan fingerprint density at radius 1 is 0.679 bits per heavy atom. The van der Waals surface area contributed by atoms with Gasteiger partial charge in [0.25, 0.3) is 0 Å². The molecular formula is C26H24O2. The minimum atomic E-state index is -0.00127. The molecule has 28 heavy (non-hydrogen) atoms. The summed E-state index contributed by atoms with van der Waals surface area (Å²) in [5, 5.41) is 4.87. The minimum Gasteiger partial charge on any atom is -0.486 e. The zero-order valence-corrected chi connectivity index (χ0v) is 16.6. The second kappa shape index (κ2) is 6.27. The van der Waals surface area contributed by atoms with Crippen molar-refractivity contribution in [1.82, 2.24) is 0 Å². The number of rotatable bonds is 1. The highest BCUT2D eigenvalue weighted by atomic mass is 16.6. The van der Waals surface area contributed by atoms with Crippen LogP contribution in [0.5, 0.6) is 11.5 Å². The number of ether oxygens (including phenoxy) is 2. The van der Waals surface area contributed by atoms with E-state index >= 15 is 0 Å². The molecule has 2 nitrogen and oxygen atoms in total. The highest BCUT2D eigenvalue weighted by molar-refractivity contribution is 6.10. The lowest BCUT2D eigenvalue weighted by molar-refractivity contribution is 0.173.